The molecule has 0 aliphatic heterocycles. The number of carbonyl (C=O) groups is 1. The third-order valence-corrected chi connectivity index (χ3v) is 3.48. The van der Waals surface area contributed by atoms with Crippen LogP contribution in [0.3, 0.4) is 0 Å². The highest BCUT2D eigenvalue weighted by atomic mass is 32.1. The largest absolute Gasteiger partial charge is 0.478 e. The Bertz CT molecular complexity index is 737. The minimum Gasteiger partial charge on any atom is -0.478 e. The molecule has 0 unspecified atom stereocenters. The van der Waals surface area contributed by atoms with Gasteiger partial charge in [-0.3, -0.25) is 0 Å². The minimum atomic E-state index is -0.936. The van der Waals surface area contributed by atoms with Gasteiger partial charge in [0.1, 0.15) is 17.0 Å². The molecule has 3 aromatic rings. The summed E-state index contributed by atoms with van der Waals surface area (Å²) in [6, 6.07) is 8.48. The maximum atomic E-state index is 10.8. The molecule has 0 saturated heterocycles. The molecular formula is C13H9N3O2S. The summed E-state index contributed by atoms with van der Waals surface area (Å²) in [4.78, 5) is 20.1. The van der Waals surface area contributed by atoms with E-state index in [-0.39, 0.29) is 5.56 Å². The average molecular weight is 271 g/mol. The van der Waals surface area contributed by atoms with E-state index < -0.39 is 5.97 Å². The number of fused-ring (bicyclic) bond motifs is 1. The van der Waals surface area contributed by atoms with Gasteiger partial charge in [0, 0.05) is 5.69 Å². The molecule has 0 radical (unpaired) electrons. The Balaban J connectivity index is 1.92. The number of anilines is 2. The second-order valence-electron chi connectivity index (χ2n) is 3.87. The Hall–Kier alpha value is -2.47. The quantitative estimate of drug-likeness (QED) is 0.765. The normalized spacial score (nSPS) is 10.5. The molecule has 94 valence electrons. The van der Waals surface area contributed by atoms with E-state index in [1.54, 1.807) is 35.6 Å². The summed E-state index contributed by atoms with van der Waals surface area (Å²) >= 11 is 1.55. The third-order valence-electron chi connectivity index (χ3n) is 2.66. The van der Waals surface area contributed by atoms with Crippen LogP contribution in [0.1, 0.15) is 10.4 Å². The van der Waals surface area contributed by atoms with Gasteiger partial charge in [0.25, 0.3) is 0 Å². The number of rotatable bonds is 3. The van der Waals surface area contributed by atoms with Gasteiger partial charge in [0.2, 0.25) is 0 Å². The van der Waals surface area contributed by atoms with Crippen molar-refractivity contribution in [1.29, 1.82) is 0 Å². The first-order valence-electron chi connectivity index (χ1n) is 5.52. The van der Waals surface area contributed by atoms with Crippen molar-refractivity contribution in [2.75, 3.05) is 5.32 Å². The first kappa shape index (κ1) is 11.6. The molecule has 1 aromatic carbocycles. The number of benzene rings is 1. The van der Waals surface area contributed by atoms with Crippen LogP contribution in [0.15, 0.2) is 42.0 Å². The van der Waals surface area contributed by atoms with Gasteiger partial charge in [-0.15, -0.1) is 11.3 Å². The molecule has 19 heavy (non-hydrogen) atoms. The maximum absolute atomic E-state index is 10.8. The van der Waals surface area contributed by atoms with E-state index >= 15 is 0 Å². The molecule has 2 N–H and O–H groups in total. The Morgan fingerprint density at radius 2 is 1.95 bits per heavy atom. The van der Waals surface area contributed by atoms with Crippen molar-refractivity contribution in [3.05, 3.63) is 47.6 Å². The molecule has 0 spiro atoms. The van der Waals surface area contributed by atoms with Crippen LogP contribution in [-0.2, 0) is 0 Å². The summed E-state index contributed by atoms with van der Waals surface area (Å²) in [5, 5.41) is 14.9. The molecule has 0 atom stereocenters. The van der Waals surface area contributed by atoms with Crippen molar-refractivity contribution >= 4 is 39.0 Å². The molecule has 0 bridgehead atoms. The van der Waals surface area contributed by atoms with Crippen LogP contribution in [-0.4, -0.2) is 21.0 Å². The van der Waals surface area contributed by atoms with Gasteiger partial charge in [0.15, 0.2) is 0 Å². The highest BCUT2D eigenvalue weighted by Crippen LogP contribution is 2.26. The molecule has 0 amide bonds. The van der Waals surface area contributed by atoms with Crippen LogP contribution in [0.25, 0.3) is 10.2 Å². The number of hydrogen-bond donors (Lipinski definition) is 2. The van der Waals surface area contributed by atoms with E-state index in [2.05, 4.69) is 15.3 Å². The number of thiophene rings is 1. The second kappa shape index (κ2) is 4.66. The fourth-order valence-electron chi connectivity index (χ4n) is 1.72. The number of carboxylic acids is 1. The predicted molar refractivity (Wildman–Crippen MR) is 74.1 cm³/mol. The SMILES string of the molecule is O=C(O)c1ccc(Nc2ncnc3sccc23)cc1. The number of aromatic carboxylic acids is 1. The number of hydrogen-bond acceptors (Lipinski definition) is 5. The number of nitrogens with one attached hydrogen (secondary N) is 1. The average Bonchev–Trinajstić information content (AvgIpc) is 2.89. The van der Waals surface area contributed by atoms with Crippen LogP contribution in [0, 0.1) is 0 Å². The van der Waals surface area contributed by atoms with Gasteiger partial charge in [0.05, 0.1) is 10.9 Å². The van der Waals surface area contributed by atoms with E-state index in [1.165, 1.54) is 6.33 Å². The molecule has 6 heteroatoms. The standard InChI is InChI=1S/C13H9N3O2S/c17-13(18)8-1-3-9(4-2-8)16-11-10-5-6-19-12(10)15-7-14-11/h1-7H,(H,17,18)(H,14,15,16). The molecule has 0 aliphatic rings. The Morgan fingerprint density at radius 3 is 2.68 bits per heavy atom. The van der Waals surface area contributed by atoms with Crippen LogP contribution in [0.5, 0.6) is 0 Å². The van der Waals surface area contributed by atoms with Gasteiger partial charge in [-0.2, -0.15) is 0 Å². The van der Waals surface area contributed by atoms with Gasteiger partial charge in [-0.1, -0.05) is 0 Å². The third kappa shape index (κ3) is 2.25. The zero-order chi connectivity index (χ0) is 13.2. The molecule has 0 saturated carbocycles. The highest BCUT2D eigenvalue weighted by Gasteiger charge is 2.06. The number of carboxylic acid groups (broad SMARTS) is 1. The van der Waals surface area contributed by atoms with E-state index in [9.17, 15) is 4.79 Å². The van der Waals surface area contributed by atoms with Crippen molar-refractivity contribution < 1.29 is 9.90 Å². The first-order valence-corrected chi connectivity index (χ1v) is 6.40. The minimum absolute atomic E-state index is 0.258. The zero-order valence-electron chi connectivity index (χ0n) is 9.70. The smallest absolute Gasteiger partial charge is 0.335 e. The van der Waals surface area contributed by atoms with E-state index in [0.29, 0.717) is 5.82 Å². The first-order chi connectivity index (χ1) is 9.24. The Kier molecular flexibility index (Phi) is 2.85. The van der Waals surface area contributed by atoms with Crippen molar-refractivity contribution in [2.45, 2.75) is 0 Å². The molecule has 0 fully saturated rings. The van der Waals surface area contributed by atoms with Gasteiger partial charge >= 0.3 is 5.97 Å². The maximum Gasteiger partial charge on any atom is 0.335 e. The lowest BCUT2D eigenvalue weighted by atomic mass is 10.2. The predicted octanol–water partition coefficient (Wildman–Crippen LogP) is 3.13. The van der Waals surface area contributed by atoms with Gasteiger partial charge < -0.3 is 10.4 Å². The molecule has 2 heterocycles. The lowest BCUT2D eigenvalue weighted by Gasteiger charge is -2.06. The number of nitrogens with zero attached hydrogens (tertiary/aromatic N) is 2. The fourth-order valence-corrected chi connectivity index (χ4v) is 2.46. The summed E-state index contributed by atoms with van der Waals surface area (Å²) in [6.07, 6.45) is 1.51. The summed E-state index contributed by atoms with van der Waals surface area (Å²) in [5.41, 5.74) is 1.05. The Labute approximate surface area is 112 Å². The van der Waals surface area contributed by atoms with Crippen molar-refractivity contribution in [3.8, 4) is 0 Å². The number of aromatic nitrogens is 2. The van der Waals surface area contributed by atoms with Crippen LogP contribution in [0.2, 0.25) is 0 Å². The van der Waals surface area contributed by atoms with Crippen LogP contribution >= 0.6 is 11.3 Å². The lowest BCUT2D eigenvalue weighted by molar-refractivity contribution is 0.0697. The monoisotopic (exact) mass is 271 g/mol. The summed E-state index contributed by atoms with van der Waals surface area (Å²) < 4.78 is 0. The molecule has 3 rings (SSSR count). The van der Waals surface area contributed by atoms with Gasteiger partial charge in [-0.05, 0) is 35.7 Å². The van der Waals surface area contributed by atoms with Crippen molar-refractivity contribution in [3.63, 3.8) is 0 Å². The van der Waals surface area contributed by atoms with Crippen molar-refractivity contribution in [1.82, 2.24) is 9.97 Å². The summed E-state index contributed by atoms with van der Waals surface area (Å²) in [6.45, 7) is 0. The zero-order valence-corrected chi connectivity index (χ0v) is 10.5. The molecule has 2 aromatic heterocycles. The summed E-state index contributed by atoms with van der Waals surface area (Å²) in [7, 11) is 0. The molecule has 5 nitrogen and oxygen atoms in total. The van der Waals surface area contributed by atoms with E-state index in [1.807, 2.05) is 11.4 Å². The van der Waals surface area contributed by atoms with E-state index in [4.69, 9.17) is 5.11 Å². The van der Waals surface area contributed by atoms with E-state index in [0.717, 1.165) is 15.9 Å². The van der Waals surface area contributed by atoms with Gasteiger partial charge in [-0.25, -0.2) is 14.8 Å². The summed E-state index contributed by atoms with van der Waals surface area (Å²) in [5.74, 6) is -0.219. The topological polar surface area (TPSA) is 75.1 Å². The lowest BCUT2D eigenvalue weighted by Crippen LogP contribution is -1.98. The van der Waals surface area contributed by atoms with Crippen LogP contribution < -0.4 is 5.32 Å². The van der Waals surface area contributed by atoms with Crippen LogP contribution in [0.4, 0.5) is 11.5 Å². The fraction of sp³-hybridized carbons (Fsp3) is 0. The van der Waals surface area contributed by atoms with Crippen molar-refractivity contribution in [2.24, 2.45) is 0 Å². The second-order valence-corrected chi connectivity index (χ2v) is 4.76. The molecule has 0 aliphatic carbocycles. The highest BCUT2D eigenvalue weighted by molar-refractivity contribution is 7.16. The Morgan fingerprint density at radius 1 is 1.16 bits per heavy atom. The molecular weight excluding hydrogens is 262 g/mol.